The highest BCUT2D eigenvalue weighted by Crippen LogP contribution is 2.49. The van der Waals surface area contributed by atoms with E-state index in [0.29, 0.717) is 15.8 Å². The van der Waals surface area contributed by atoms with E-state index in [1.54, 1.807) is 12.1 Å². The van der Waals surface area contributed by atoms with Gasteiger partial charge in [-0.1, -0.05) is 28.9 Å². The zero-order chi connectivity index (χ0) is 19.6. The zero-order valence-corrected chi connectivity index (χ0v) is 18.1. The van der Waals surface area contributed by atoms with Crippen molar-refractivity contribution in [2.45, 2.75) is 57.8 Å². The van der Waals surface area contributed by atoms with Crippen LogP contribution in [0.15, 0.2) is 40.9 Å². The first-order valence-electron chi connectivity index (χ1n) is 10.4. The van der Waals surface area contributed by atoms with Gasteiger partial charge in [-0.15, -0.1) is 0 Å². The highest BCUT2D eigenvalue weighted by atomic mass is 79.9. The maximum absolute atomic E-state index is 14.2. The summed E-state index contributed by atoms with van der Waals surface area (Å²) in [5, 5.41) is 0. The molecule has 0 bridgehead atoms. The van der Waals surface area contributed by atoms with Crippen molar-refractivity contribution in [3.8, 4) is 11.5 Å². The van der Waals surface area contributed by atoms with Crippen LogP contribution in [0.3, 0.4) is 0 Å². The summed E-state index contributed by atoms with van der Waals surface area (Å²) >= 11 is 3.29. The van der Waals surface area contributed by atoms with Gasteiger partial charge in [0.15, 0.2) is 11.6 Å². The first-order chi connectivity index (χ1) is 13.6. The topological polar surface area (TPSA) is 18.5 Å². The zero-order valence-electron chi connectivity index (χ0n) is 16.5. The number of ether oxygens (including phenoxy) is 2. The van der Waals surface area contributed by atoms with Crippen molar-refractivity contribution in [1.82, 2.24) is 0 Å². The Balaban J connectivity index is 1.52. The fraction of sp³-hybridized carbons (Fsp3) is 0.500. The molecule has 0 radical (unpaired) electrons. The maximum atomic E-state index is 14.2. The molecule has 4 rings (SSSR count). The summed E-state index contributed by atoms with van der Waals surface area (Å²) in [6.45, 7) is 4.05. The first kappa shape index (κ1) is 19.9. The molecular formula is C24H28BrFO2. The molecule has 2 aromatic carbocycles. The molecule has 1 spiro atoms. The number of aryl methyl sites for hydroxylation is 1. The van der Waals surface area contributed by atoms with E-state index in [1.807, 2.05) is 6.07 Å². The van der Waals surface area contributed by atoms with Crippen LogP contribution in [0.5, 0.6) is 11.5 Å². The van der Waals surface area contributed by atoms with E-state index in [9.17, 15) is 4.39 Å². The Labute approximate surface area is 175 Å². The lowest BCUT2D eigenvalue weighted by molar-refractivity contribution is -0.00767. The second kappa shape index (κ2) is 8.54. The van der Waals surface area contributed by atoms with Crippen LogP contribution in [0.4, 0.5) is 4.39 Å². The minimum atomic E-state index is -0.352. The average molecular weight is 447 g/mol. The normalized spacial score (nSPS) is 19.7. The summed E-state index contributed by atoms with van der Waals surface area (Å²) < 4.78 is 26.4. The number of hydrogen-bond acceptors (Lipinski definition) is 2. The van der Waals surface area contributed by atoms with Crippen LogP contribution in [0, 0.1) is 11.2 Å². The van der Waals surface area contributed by atoms with Gasteiger partial charge in [0.05, 0.1) is 0 Å². The molecule has 0 unspecified atom stereocenters. The first-order valence-corrected chi connectivity index (χ1v) is 11.2. The lowest BCUT2D eigenvalue weighted by atomic mass is 9.65. The Morgan fingerprint density at radius 1 is 1.07 bits per heavy atom. The summed E-state index contributed by atoms with van der Waals surface area (Å²) in [5.74, 6) is 1.21. The quantitative estimate of drug-likeness (QED) is 0.486. The molecule has 0 atom stereocenters. The summed E-state index contributed by atoms with van der Waals surface area (Å²) in [7, 11) is 0. The van der Waals surface area contributed by atoms with Gasteiger partial charge in [-0.3, -0.25) is 0 Å². The monoisotopic (exact) mass is 446 g/mol. The summed E-state index contributed by atoms with van der Waals surface area (Å²) in [6, 6.07) is 11.2. The minimum Gasteiger partial charge on any atom is -0.454 e. The highest BCUT2D eigenvalue weighted by molar-refractivity contribution is 9.10. The highest BCUT2D eigenvalue weighted by Gasteiger charge is 2.37. The number of rotatable bonds is 4. The summed E-state index contributed by atoms with van der Waals surface area (Å²) in [4.78, 5) is 0. The van der Waals surface area contributed by atoms with Gasteiger partial charge in [0, 0.05) is 17.7 Å². The van der Waals surface area contributed by atoms with Crippen molar-refractivity contribution in [3.63, 3.8) is 0 Å². The van der Waals surface area contributed by atoms with Crippen molar-refractivity contribution >= 4 is 15.9 Å². The minimum absolute atomic E-state index is 0.267. The average Bonchev–Trinajstić information content (AvgIpc) is 2.71. The molecule has 0 N–H and O–H groups in total. The van der Waals surface area contributed by atoms with Gasteiger partial charge in [-0.25, -0.2) is 4.39 Å². The van der Waals surface area contributed by atoms with E-state index in [0.717, 1.165) is 25.4 Å². The Hall–Kier alpha value is -1.39. The van der Waals surface area contributed by atoms with Crippen LogP contribution in [-0.2, 0) is 11.2 Å². The molecule has 2 fully saturated rings. The SMILES string of the molecule is CCc1ccc(Oc2ccc(Br)cc2F)cc1C1CCC2(CCOCC2)CC1. The molecule has 4 heteroatoms. The van der Waals surface area contributed by atoms with Gasteiger partial charge >= 0.3 is 0 Å². The summed E-state index contributed by atoms with van der Waals surface area (Å²) in [5.41, 5.74) is 3.28. The third-order valence-corrected chi connectivity index (χ3v) is 7.15. The van der Waals surface area contributed by atoms with E-state index in [2.05, 4.69) is 35.0 Å². The molecule has 150 valence electrons. The van der Waals surface area contributed by atoms with Gasteiger partial charge in [-0.05, 0) is 97.7 Å². The van der Waals surface area contributed by atoms with E-state index >= 15 is 0 Å². The van der Waals surface area contributed by atoms with Gasteiger partial charge < -0.3 is 9.47 Å². The Bertz CT molecular complexity index is 819. The Morgan fingerprint density at radius 3 is 2.50 bits per heavy atom. The molecule has 2 nitrogen and oxygen atoms in total. The third-order valence-electron chi connectivity index (χ3n) is 6.66. The van der Waals surface area contributed by atoms with Crippen molar-refractivity contribution in [2.24, 2.45) is 5.41 Å². The molecule has 0 amide bonds. The van der Waals surface area contributed by atoms with Crippen LogP contribution in [0.1, 0.15) is 62.5 Å². The fourth-order valence-electron chi connectivity index (χ4n) is 4.87. The lowest BCUT2D eigenvalue weighted by Crippen LogP contribution is -2.33. The van der Waals surface area contributed by atoms with Crippen LogP contribution >= 0.6 is 15.9 Å². The molecule has 1 aliphatic carbocycles. The second-order valence-electron chi connectivity index (χ2n) is 8.28. The van der Waals surface area contributed by atoms with E-state index in [1.165, 1.54) is 55.7 Å². The Kier molecular flexibility index (Phi) is 6.07. The smallest absolute Gasteiger partial charge is 0.166 e. The van der Waals surface area contributed by atoms with Crippen LogP contribution in [0.2, 0.25) is 0 Å². The molecule has 0 aromatic heterocycles. The molecule has 1 saturated carbocycles. The van der Waals surface area contributed by atoms with Crippen molar-refractivity contribution < 1.29 is 13.9 Å². The molecular weight excluding hydrogens is 419 g/mol. The van der Waals surface area contributed by atoms with Gasteiger partial charge in [0.2, 0.25) is 0 Å². The molecule has 2 aliphatic rings. The Morgan fingerprint density at radius 2 is 1.82 bits per heavy atom. The van der Waals surface area contributed by atoms with Crippen LogP contribution in [-0.4, -0.2) is 13.2 Å². The third kappa shape index (κ3) is 4.28. The number of hydrogen-bond donors (Lipinski definition) is 0. The standard InChI is InChI=1S/C24H28BrFO2/c1-2-17-3-5-20(28-23-6-4-19(25)15-22(23)26)16-21(17)18-7-9-24(10-8-18)11-13-27-14-12-24/h3-6,15-16,18H,2,7-14H2,1H3. The second-order valence-corrected chi connectivity index (χ2v) is 9.19. The van der Waals surface area contributed by atoms with Gasteiger partial charge in [0.1, 0.15) is 5.75 Å². The molecule has 2 aromatic rings. The predicted molar refractivity (Wildman–Crippen MR) is 114 cm³/mol. The van der Waals surface area contributed by atoms with E-state index < -0.39 is 0 Å². The van der Waals surface area contributed by atoms with Gasteiger partial charge in [-0.2, -0.15) is 0 Å². The molecule has 1 heterocycles. The van der Waals surface area contributed by atoms with E-state index in [-0.39, 0.29) is 11.6 Å². The fourth-order valence-corrected chi connectivity index (χ4v) is 5.20. The predicted octanol–water partition coefficient (Wildman–Crippen LogP) is 7.40. The van der Waals surface area contributed by atoms with Crippen LogP contribution < -0.4 is 4.74 Å². The summed E-state index contributed by atoms with van der Waals surface area (Å²) in [6.07, 6.45) is 8.47. The molecule has 1 saturated heterocycles. The number of benzene rings is 2. The lowest BCUT2D eigenvalue weighted by Gasteiger charge is -2.43. The maximum Gasteiger partial charge on any atom is 0.166 e. The number of halogens is 2. The van der Waals surface area contributed by atoms with Gasteiger partial charge in [0.25, 0.3) is 0 Å². The van der Waals surface area contributed by atoms with Crippen LogP contribution in [0.25, 0.3) is 0 Å². The largest absolute Gasteiger partial charge is 0.454 e. The van der Waals surface area contributed by atoms with E-state index in [4.69, 9.17) is 9.47 Å². The molecule has 28 heavy (non-hydrogen) atoms. The molecule has 1 aliphatic heterocycles. The van der Waals surface area contributed by atoms with Crippen molar-refractivity contribution in [3.05, 3.63) is 57.8 Å². The van der Waals surface area contributed by atoms with Crippen molar-refractivity contribution in [2.75, 3.05) is 13.2 Å². The van der Waals surface area contributed by atoms with Crippen molar-refractivity contribution in [1.29, 1.82) is 0 Å².